The summed E-state index contributed by atoms with van der Waals surface area (Å²) < 4.78 is 0. The van der Waals surface area contributed by atoms with Gasteiger partial charge < -0.3 is 5.11 Å². The molecule has 3 rings (SSSR count). The predicted octanol–water partition coefficient (Wildman–Crippen LogP) is 5.64. The molecule has 0 radical (unpaired) electrons. The largest absolute Gasteiger partial charge is 0.481 e. The van der Waals surface area contributed by atoms with E-state index >= 15 is 0 Å². The van der Waals surface area contributed by atoms with Crippen LogP contribution < -0.4 is 0 Å². The third-order valence-electron chi connectivity index (χ3n) is 7.71. The fourth-order valence-electron chi connectivity index (χ4n) is 6.60. The molecule has 0 bridgehead atoms. The first-order valence-corrected chi connectivity index (χ1v) is 11.0. The van der Waals surface area contributed by atoms with E-state index in [1.54, 1.807) is 0 Å². The maximum atomic E-state index is 11.9. The van der Waals surface area contributed by atoms with Crippen LogP contribution in [0.1, 0.15) is 84.5 Å². The van der Waals surface area contributed by atoms with Crippen molar-refractivity contribution in [2.24, 2.45) is 35.5 Å². The number of hydrogen-bond donors (Lipinski definition) is 1. The number of carbonyl (C=O) groups excluding carboxylic acids is 1. The van der Waals surface area contributed by atoms with Crippen LogP contribution in [0.15, 0.2) is 11.6 Å². The molecule has 0 aliphatic heterocycles. The zero-order chi connectivity index (χ0) is 18.7. The minimum Gasteiger partial charge on any atom is -0.481 e. The van der Waals surface area contributed by atoms with E-state index in [1.807, 2.05) is 6.08 Å². The molecule has 2 fully saturated rings. The fraction of sp³-hybridized carbons (Fsp3) is 0.826. The van der Waals surface area contributed by atoms with Crippen molar-refractivity contribution in [1.29, 1.82) is 0 Å². The standard InChI is InChI=1S/C23H36O3/c1-3-5-17-12-18-13-19(24)9-6-16(18)14-22(17)21-10-7-15(20(21)4-2)8-11-23(25)26/h13,15-17,20-22H,3-12,14H2,1-2H3,(H,25,26)/t15-,16?,17+,20?,21+,22-/m1/s1. The summed E-state index contributed by atoms with van der Waals surface area (Å²) in [5, 5.41) is 9.08. The molecular weight excluding hydrogens is 324 g/mol. The zero-order valence-electron chi connectivity index (χ0n) is 16.6. The molecule has 3 nitrogen and oxygen atoms in total. The van der Waals surface area contributed by atoms with E-state index in [2.05, 4.69) is 13.8 Å². The second kappa shape index (κ2) is 8.71. The van der Waals surface area contributed by atoms with Crippen LogP contribution in [-0.4, -0.2) is 16.9 Å². The number of carboxylic acid groups (broad SMARTS) is 1. The molecule has 0 aromatic carbocycles. The van der Waals surface area contributed by atoms with Crippen molar-refractivity contribution < 1.29 is 14.7 Å². The van der Waals surface area contributed by atoms with Crippen molar-refractivity contribution in [3.63, 3.8) is 0 Å². The molecule has 0 aromatic heterocycles. The molecule has 6 atom stereocenters. The molecule has 2 unspecified atom stereocenters. The van der Waals surface area contributed by atoms with Crippen LogP contribution in [-0.2, 0) is 9.59 Å². The summed E-state index contributed by atoms with van der Waals surface area (Å²) in [7, 11) is 0. The number of allylic oxidation sites excluding steroid dienone is 2. The summed E-state index contributed by atoms with van der Waals surface area (Å²) in [5.74, 6) is 3.92. The molecule has 0 heterocycles. The van der Waals surface area contributed by atoms with Crippen molar-refractivity contribution in [2.75, 3.05) is 0 Å². The van der Waals surface area contributed by atoms with Gasteiger partial charge in [-0.2, -0.15) is 0 Å². The third kappa shape index (κ3) is 4.23. The summed E-state index contributed by atoms with van der Waals surface area (Å²) in [6.07, 6.45) is 13.6. The van der Waals surface area contributed by atoms with Crippen LogP contribution in [0.2, 0.25) is 0 Å². The molecule has 1 N–H and O–H groups in total. The smallest absolute Gasteiger partial charge is 0.303 e. The quantitative estimate of drug-likeness (QED) is 0.639. The molecule has 0 amide bonds. The Kier molecular flexibility index (Phi) is 6.58. The highest BCUT2D eigenvalue weighted by atomic mass is 16.4. The lowest BCUT2D eigenvalue weighted by Gasteiger charge is -2.44. The van der Waals surface area contributed by atoms with Gasteiger partial charge in [-0.1, -0.05) is 38.7 Å². The van der Waals surface area contributed by atoms with Gasteiger partial charge in [0.05, 0.1) is 0 Å². The first-order chi connectivity index (χ1) is 12.5. The van der Waals surface area contributed by atoms with Gasteiger partial charge in [-0.25, -0.2) is 0 Å². The maximum absolute atomic E-state index is 11.9. The Hall–Kier alpha value is -1.12. The van der Waals surface area contributed by atoms with Gasteiger partial charge in [-0.3, -0.25) is 9.59 Å². The Labute approximate surface area is 158 Å². The SMILES string of the molecule is CCC[C@H]1CC2=CC(=O)CCC2C[C@H]1[C@H]1CC[C@H](CCC(=O)O)C1CC. The predicted molar refractivity (Wildman–Crippen MR) is 104 cm³/mol. The van der Waals surface area contributed by atoms with Gasteiger partial charge in [0.25, 0.3) is 0 Å². The van der Waals surface area contributed by atoms with Gasteiger partial charge in [0, 0.05) is 12.8 Å². The van der Waals surface area contributed by atoms with E-state index in [9.17, 15) is 9.59 Å². The number of ketones is 1. The molecule has 2 saturated carbocycles. The van der Waals surface area contributed by atoms with Crippen molar-refractivity contribution in [3.05, 3.63) is 11.6 Å². The van der Waals surface area contributed by atoms with Crippen molar-refractivity contribution in [3.8, 4) is 0 Å². The van der Waals surface area contributed by atoms with Gasteiger partial charge in [0.15, 0.2) is 5.78 Å². The highest BCUT2D eigenvalue weighted by Gasteiger charge is 2.45. The Morgan fingerprint density at radius 2 is 1.92 bits per heavy atom. The van der Waals surface area contributed by atoms with Gasteiger partial charge in [-0.05, 0) is 80.1 Å². The number of carbonyl (C=O) groups is 2. The number of fused-ring (bicyclic) bond motifs is 1. The van der Waals surface area contributed by atoms with E-state index < -0.39 is 5.97 Å². The van der Waals surface area contributed by atoms with Crippen molar-refractivity contribution in [2.45, 2.75) is 84.5 Å². The molecule has 3 heteroatoms. The molecule has 0 spiro atoms. The Morgan fingerprint density at radius 3 is 2.62 bits per heavy atom. The van der Waals surface area contributed by atoms with E-state index in [-0.39, 0.29) is 0 Å². The van der Waals surface area contributed by atoms with Crippen LogP contribution in [0.3, 0.4) is 0 Å². The molecule has 0 saturated heterocycles. The maximum Gasteiger partial charge on any atom is 0.303 e. The summed E-state index contributed by atoms with van der Waals surface area (Å²) in [6.45, 7) is 4.59. The van der Waals surface area contributed by atoms with Crippen LogP contribution in [0.25, 0.3) is 0 Å². The average molecular weight is 361 g/mol. The molecule has 3 aliphatic rings. The van der Waals surface area contributed by atoms with Crippen LogP contribution in [0, 0.1) is 35.5 Å². The average Bonchev–Trinajstić information content (AvgIpc) is 3.02. The van der Waals surface area contributed by atoms with Crippen LogP contribution in [0.4, 0.5) is 0 Å². The molecule has 146 valence electrons. The summed E-state index contributed by atoms with van der Waals surface area (Å²) >= 11 is 0. The van der Waals surface area contributed by atoms with E-state index in [0.717, 1.165) is 43.4 Å². The molecule has 3 aliphatic carbocycles. The fourth-order valence-corrected chi connectivity index (χ4v) is 6.60. The summed E-state index contributed by atoms with van der Waals surface area (Å²) in [6, 6.07) is 0. The highest BCUT2D eigenvalue weighted by Crippen LogP contribution is 2.54. The Balaban J connectivity index is 1.74. The van der Waals surface area contributed by atoms with Gasteiger partial charge in [-0.15, -0.1) is 0 Å². The number of aliphatic carboxylic acids is 1. The van der Waals surface area contributed by atoms with Gasteiger partial charge >= 0.3 is 5.97 Å². The van der Waals surface area contributed by atoms with Crippen molar-refractivity contribution >= 4 is 11.8 Å². The summed E-state index contributed by atoms with van der Waals surface area (Å²) in [5.41, 5.74) is 1.45. The lowest BCUT2D eigenvalue weighted by molar-refractivity contribution is -0.137. The second-order valence-corrected chi connectivity index (χ2v) is 9.08. The highest BCUT2D eigenvalue weighted by molar-refractivity contribution is 5.91. The Morgan fingerprint density at radius 1 is 1.12 bits per heavy atom. The molecule has 26 heavy (non-hydrogen) atoms. The summed E-state index contributed by atoms with van der Waals surface area (Å²) in [4.78, 5) is 22.9. The normalized spacial score (nSPS) is 37.3. The lowest BCUT2D eigenvalue weighted by Crippen LogP contribution is -2.36. The van der Waals surface area contributed by atoms with E-state index in [0.29, 0.717) is 30.0 Å². The molecular formula is C23H36O3. The topological polar surface area (TPSA) is 54.4 Å². The van der Waals surface area contributed by atoms with Crippen LogP contribution in [0.5, 0.6) is 0 Å². The monoisotopic (exact) mass is 360 g/mol. The Bertz CT molecular complexity index is 550. The second-order valence-electron chi connectivity index (χ2n) is 9.08. The van der Waals surface area contributed by atoms with E-state index in [4.69, 9.17) is 5.11 Å². The zero-order valence-corrected chi connectivity index (χ0v) is 16.6. The van der Waals surface area contributed by atoms with E-state index in [1.165, 1.54) is 44.1 Å². The van der Waals surface area contributed by atoms with Crippen molar-refractivity contribution in [1.82, 2.24) is 0 Å². The lowest BCUT2D eigenvalue weighted by atomic mass is 9.61. The first-order valence-electron chi connectivity index (χ1n) is 11.0. The number of rotatable bonds is 7. The minimum atomic E-state index is -0.647. The number of hydrogen-bond acceptors (Lipinski definition) is 2. The minimum absolute atomic E-state index is 0.328. The molecule has 0 aromatic rings. The third-order valence-corrected chi connectivity index (χ3v) is 7.71. The van der Waals surface area contributed by atoms with Crippen LogP contribution >= 0.6 is 0 Å². The van der Waals surface area contributed by atoms with Gasteiger partial charge in [0.2, 0.25) is 0 Å². The first kappa shape index (κ1) is 19.6. The number of carboxylic acids is 1. The van der Waals surface area contributed by atoms with Gasteiger partial charge in [0.1, 0.15) is 0 Å².